The molecular formula is C32H29ClF3N7O2. The minimum atomic E-state index is -1.12. The van der Waals surface area contributed by atoms with Crippen molar-refractivity contribution in [3.63, 3.8) is 0 Å². The summed E-state index contributed by atoms with van der Waals surface area (Å²) in [6, 6.07) is 11.8. The molecule has 0 saturated carbocycles. The molecule has 2 aliphatic heterocycles. The molecule has 0 bridgehead atoms. The standard InChI is InChI=1S/C32H29ClF3N7O2/c1-18(34)31(44)43-12-11-42(16-21(43)9-10-37)30-24-14-38-28(23-7-3-5-19-6-4-8-25(33)26(19)23)27(36)29(24)39-32(40-30)45-17-22-13-20(35)15-41(22)2/h3-8,14,20-22H,1,9,11-13,15-17H2,2H3/t20-,21?,22+/m1/s1. The molecular weight excluding hydrogens is 607 g/mol. The first-order valence-corrected chi connectivity index (χ1v) is 14.8. The number of anilines is 1. The molecule has 1 unspecified atom stereocenters. The quantitative estimate of drug-likeness (QED) is 0.247. The van der Waals surface area contributed by atoms with Crippen molar-refractivity contribution in [3.8, 4) is 23.3 Å². The third-order valence-corrected chi connectivity index (χ3v) is 8.71. The van der Waals surface area contributed by atoms with E-state index in [1.165, 1.54) is 11.1 Å². The molecule has 6 rings (SSSR count). The van der Waals surface area contributed by atoms with E-state index in [1.54, 1.807) is 30.1 Å². The maximum Gasteiger partial charge on any atom is 0.319 e. The van der Waals surface area contributed by atoms with Gasteiger partial charge in [0.2, 0.25) is 0 Å². The van der Waals surface area contributed by atoms with E-state index in [0.717, 1.165) is 5.39 Å². The van der Waals surface area contributed by atoms with Gasteiger partial charge in [0.15, 0.2) is 11.6 Å². The Morgan fingerprint density at radius 3 is 2.67 bits per heavy atom. The minimum absolute atomic E-state index is 0.0341. The van der Waals surface area contributed by atoms with Gasteiger partial charge in [-0.2, -0.15) is 15.2 Å². The number of hydrogen-bond acceptors (Lipinski definition) is 8. The van der Waals surface area contributed by atoms with Gasteiger partial charge < -0.3 is 14.5 Å². The van der Waals surface area contributed by atoms with Crippen LogP contribution in [0.5, 0.6) is 6.01 Å². The molecule has 0 N–H and O–H groups in total. The Balaban J connectivity index is 1.45. The average Bonchev–Trinajstić information content (AvgIpc) is 3.36. The van der Waals surface area contributed by atoms with E-state index in [4.69, 9.17) is 16.3 Å². The maximum absolute atomic E-state index is 16.6. The number of fused-ring (bicyclic) bond motifs is 2. The summed E-state index contributed by atoms with van der Waals surface area (Å²) < 4.78 is 50.3. The summed E-state index contributed by atoms with van der Waals surface area (Å²) in [5.74, 6) is -2.44. The van der Waals surface area contributed by atoms with Gasteiger partial charge in [-0.1, -0.05) is 48.5 Å². The van der Waals surface area contributed by atoms with Crippen molar-refractivity contribution in [3.05, 3.63) is 65.8 Å². The number of hydrogen-bond donors (Lipinski definition) is 0. The van der Waals surface area contributed by atoms with Gasteiger partial charge in [0.25, 0.3) is 5.91 Å². The second-order valence-electron chi connectivity index (χ2n) is 11.3. The number of pyridine rings is 1. The van der Waals surface area contributed by atoms with Crippen molar-refractivity contribution in [1.29, 1.82) is 5.26 Å². The Kier molecular flexibility index (Phi) is 8.48. The predicted molar refractivity (Wildman–Crippen MR) is 165 cm³/mol. The van der Waals surface area contributed by atoms with Gasteiger partial charge in [-0.25, -0.2) is 13.2 Å². The summed E-state index contributed by atoms with van der Waals surface area (Å²) in [4.78, 5) is 30.9. The highest BCUT2D eigenvalue weighted by Gasteiger charge is 2.34. The van der Waals surface area contributed by atoms with Crippen LogP contribution in [-0.4, -0.2) is 88.7 Å². The van der Waals surface area contributed by atoms with Crippen LogP contribution in [0.2, 0.25) is 5.02 Å². The molecule has 2 aliphatic rings. The van der Waals surface area contributed by atoms with E-state index in [9.17, 15) is 18.8 Å². The lowest BCUT2D eigenvalue weighted by Crippen LogP contribution is -2.55. The van der Waals surface area contributed by atoms with Crippen LogP contribution in [0.15, 0.2) is 55.0 Å². The number of nitrogens with zero attached hydrogens (tertiary/aromatic N) is 7. The summed E-state index contributed by atoms with van der Waals surface area (Å²) in [6.07, 6.45) is 0.708. The molecule has 2 aromatic heterocycles. The smallest absolute Gasteiger partial charge is 0.319 e. The number of alkyl halides is 1. The number of carbonyl (C=O) groups excluding carboxylic acids is 1. The van der Waals surface area contributed by atoms with Gasteiger partial charge in [0, 0.05) is 54.4 Å². The van der Waals surface area contributed by atoms with Crippen molar-refractivity contribution in [2.45, 2.75) is 31.1 Å². The molecule has 45 heavy (non-hydrogen) atoms. The van der Waals surface area contributed by atoms with Crippen LogP contribution < -0.4 is 9.64 Å². The molecule has 9 nitrogen and oxygen atoms in total. The Labute approximate surface area is 262 Å². The zero-order valence-electron chi connectivity index (χ0n) is 24.4. The number of aromatic nitrogens is 3. The lowest BCUT2D eigenvalue weighted by Gasteiger charge is -2.41. The number of benzene rings is 2. The predicted octanol–water partition coefficient (Wildman–Crippen LogP) is 5.47. The molecule has 232 valence electrons. The van der Waals surface area contributed by atoms with Crippen LogP contribution in [0, 0.1) is 17.1 Å². The fourth-order valence-electron chi connectivity index (χ4n) is 6.14. The largest absolute Gasteiger partial charge is 0.462 e. The Morgan fingerprint density at radius 1 is 1.18 bits per heavy atom. The van der Waals surface area contributed by atoms with E-state index in [1.807, 2.05) is 29.2 Å². The topological polar surface area (TPSA) is 98.5 Å². The number of likely N-dealkylation sites (tertiary alicyclic amines) is 1. The van der Waals surface area contributed by atoms with E-state index in [-0.39, 0.29) is 80.1 Å². The van der Waals surface area contributed by atoms with Crippen LogP contribution in [0.1, 0.15) is 12.8 Å². The van der Waals surface area contributed by atoms with Crippen molar-refractivity contribution in [1.82, 2.24) is 24.8 Å². The third kappa shape index (κ3) is 5.85. The van der Waals surface area contributed by atoms with Gasteiger partial charge >= 0.3 is 6.01 Å². The second kappa shape index (κ2) is 12.5. The molecule has 4 aromatic rings. The molecule has 13 heteroatoms. The normalized spacial score (nSPS) is 20.5. The zero-order valence-corrected chi connectivity index (χ0v) is 25.1. The Bertz CT molecular complexity index is 1850. The number of nitriles is 1. The summed E-state index contributed by atoms with van der Waals surface area (Å²) in [7, 11) is 1.80. The van der Waals surface area contributed by atoms with Gasteiger partial charge in [-0.3, -0.25) is 14.7 Å². The molecule has 1 amide bonds. The number of likely N-dealkylation sites (N-methyl/N-ethyl adjacent to an activating group) is 1. The SMILES string of the molecule is C=C(F)C(=O)N1CCN(c2nc(OC[C@@H]3C[C@@H](F)CN3C)nc3c(F)c(-c4cccc5cccc(Cl)c45)ncc23)CC1CC#N. The number of halogens is 4. The Hall–Kier alpha value is -4.47. The average molecular weight is 636 g/mol. The fourth-order valence-corrected chi connectivity index (χ4v) is 6.42. The van der Waals surface area contributed by atoms with Gasteiger partial charge in [-0.05, 0) is 24.9 Å². The summed E-state index contributed by atoms with van der Waals surface area (Å²) in [5, 5.41) is 11.6. The van der Waals surface area contributed by atoms with E-state index < -0.39 is 29.8 Å². The summed E-state index contributed by atoms with van der Waals surface area (Å²) in [6.45, 7) is 3.85. The first kappa shape index (κ1) is 30.6. The van der Waals surface area contributed by atoms with Crippen LogP contribution in [0.25, 0.3) is 32.9 Å². The van der Waals surface area contributed by atoms with Gasteiger partial charge in [-0.15, -0.1) is 0 Å². The molecule has 2 fully saturated rings. The molecule has 3 atom stereocenters. The molecule has 0 spiro atoms. The fraction of sp³-hybridized carbons (Fsp3) is 0.344. The number of piperazine rings is 1. The first-order valence-electron chi connectivity index (χ1n) is 14.4. The third-order valence-electron chi connectivity index (χ3n) is 8.40. The number of amides is 1. The zero-order chi connectivity index (χ0) is 31.8. The molecule has 2 aromatic carbocycles. The lowest BCUT2D eigenvalue weighted by molar-refractivity contribution is -0.131. The van der Waals surface area contributed by atoms with Crippen LogP contribution in [-0.2, 0) is 4.79 Å². The van der Waals surface area contributed by atoms with Crippen LogP contribution >= 0.6 is 11.6 Å². The van der Waals surface area contributed by atoms with E-state index >= 15 is 4.39 Å². The lowest BCUT2D eigenvalue weighted by atomic mass is 10.0. The van der Waals surface area contributed by atoms with Crippen molar-refractivity contribution in [2.75, 3.05) is 44.7 Å². The monoisotopic (exact) mass is 635 g/mol. The summed E-state index contributed by atoms with van der Waals surface area (Å²) in [5.41, 5.74) is 0.459. The highest BCUT2D eigenvalue weighted by Crippen LogP contribution is 2.38. The van der Waals surface area contributed by atoms with Crippen LogP contribution in [0.3, 0.4) is 0 Å². The second-order valence-corrected chi connectivity index (χ2v) is 11.7. The number of rotatable bonds is 7. The molecule has 0 aliphatic carbocycles. The van der Waals surface area contributed by atoms with Crippen molar-refractivity contribution < 1.29 is 22.7 Å². The first-order chi connectivity index (χ1) is 21.7. The van der Waals surface area contributed by atoms with Crippen molar-refractivity contribution >= 4 is 45.0 Å². The maximum atomic E-state index is 16.6. The Morgan fingerprint density at radius 2 is 1.96 bits per heavy atom. The van der Waals surface area contributed by atoms with Gasteiger partial charge in [0.05, 0.1) is 23.9 Å². The molecule has 4 heterocycles. The van der Waals surface area contributed by atoms with Gasteiger partial charge in [0.1, 0.15) is 29.8 Å². The van der Waals surface area contributed by atoms with E-state index in [0.29, 0.717) is 16.0 Å². The van der Waals surface area contributed by atoms with Crippen molar-refractivity contribution in [2.24, 2.45) is 0 Å². The highest BCUT2D eigenvalue weighted by molar-refractivity contribution is 6.36. The molecule has 0 radical (unpaired) electrons. The molecule has 2 saturated heterocycles. The number of carbonyl (C=O) groups is 1. The number of ether oxygens (including phenoxy) is 1. The van der Waals surface area contributed by atoms with E-state index in [2.05, 4.69) is 21.5 Å². The summed E-state index contributed by atoms with van der Waals surface area (Å²) >= 11 is 6.54. The minimum Gasteiger partial charge on any atom is -0.462 e. The van der Waals surface area contributed by atoms with Crippen LogP contribution in [0.4, 0.5) is 19.0 Å². The highest BCUT2D eigenvalue weighted by atomic mass is 35.5.